The lowest BCUT2D eigenvalue weighted by atomic mass is 9.76. The number of aliphatic imine (C=N–C) groups is 1. The molecule has 4 rings (SSSR count). The zero-order chi connectivity index (χ0) is 16.1. The fourth-order valence-electron chi connectivity index (χ4n) is 5.16. The number of hydrazine groups is 1. The average Bonchev–Trinajstić information content (AvgIpc) is 3.03. The highest BCUT2D eigenvalue weighted by Gasteiger charge is 2.53. The van der Waals surface area contributed by atoms with Crippen LogP contribution in [0.2, 0.25) is 0 Å². The maximum absolute atomic E-state index is 5.36. The first kappa shape index (κ1) is 16.4. The molecule has 5 heteroatoms. The molecule has 0 aromatic rings. The highest BCUT2D eigenvalue weighted by Crippen LogP contribution is 2.50. The quantitative estimate of drug-likeness (QED) is 0.771. The molecule has 2 saturated heterocycles. The Hall–Kier alpha value is -0.100. The molecule has 0 aromatic carbocycles. The number of hydrogen-bond donors (Lipinski definition) is 2. The minimum Gasteiger partial charge on any atom is -0.287 e. The van der Waals surface area contributed by atoms with Crippen LogP contribution in [0.4, 0.5) is 0 Å². The van der Waals surface area contributed by atoms with Crippen molar-refractivity contribution in [2.45, 2.75) is 88.8 Å². The van der Waals surface area contributed by atoms with Crippen molar-refractivity contribution >= 4 is 17.5 Å². The minimum absolute atomic E-state index is 0.332. The Labute approximate surface area is 145 Å². The first-order valence-electron chi connectivity index (χ1n) is 9.59. The number of hydrogen-bond acceptors (Lipinski definition) is 5. The molecule has 0 aromatic heterocycles. The Morgan fingerprint density at radius 3 is 2.52 bits per heavy atom. The van der Waals surface area contributed by atoms with Gasteiger partial charge in [-0.05, 0) is 38.5 Å². The third-order valence-electron chi connectivity index (χ3n) is 6.65. The van der Waals surface area contributed by atoms with Crippen molar-refractivity contribution in [2.24, 2.45) is 22.7 Å². The lowest BCUT2D eigenvalue weighted by molar-refractivity contribution is 0.144. The van der Waals surface area contributed by atoms with E-state index in [0.29, 0.717) is 29.7 Å². The zero-order valence-electron chi connectivity index (χ0n) is 15.0. The Kier molecular flexibility index (Phi) is 4.50. The van der Waals surface area contributed by atoms with Gasteiger partial charge >= 0.3 is 0 Å². The van der Waals surface area contributed by atoms with E-state index in [0.717, 1.165) is 17.1 Å². The van der Waals surface area contributed by atoms with E-state index in [4.69, 9.17) is 4.99 Å². The predicted octanol–water partition coefficient (Wildman–Crippen LogP) is 3.21. The van der Waals surface area contributed by atoms with Gasteiger partial charge in [-0.15, -0.1) is 11.8 Å². The van der Waals surface area contributed by atoms with Crippen molar-refractivity contribution in [3.63, 3.8) is 0 Å². The molecule has 4 aliphatic rings. The van der Waals surface area contributed by atoms with Crippen LogP contribution in [0.25, 0.3) is 0 Å². The second-order valence-electron chi connectivity index (χ2n) is 8.10. The van der Waals surface area contributed by atoms with Crippen molar-refractivity contribution in [2.75, 3.05) is 0 Å². The van der Waals surface area contributed by atoms with E-state index in [1.807, 2.05) is 0 Å². The second kappa shape index (κ2) is 6.32. The predicted molar refractivity (Wildman–Crippen MR) is 98.3 cm³/mol. The Balaban J connectivity index is 1.72. The van der Waals surface area contributed by atoms with Gasteiger partial charge in [0.15, 0.2) is 0 Å². The van der Waals surface area contributed by atoms with E-state index in [1.165, 1.54) is 32.1 Å². The van der Waals surface area contributed by atoms with E-state index < -0.39 is 0 Å². The maximum atomic E-state index is 5.36. The number of nitrogens with zero attached hydrogens (tertiary/aromatic N) is 2. The summed E-state index contributed by atoms with van der Waals surface area (Å²) in [5, 5.41) is 1.30. The zero-order valence-corrected chi connectivity index (χ0v) is 15.8. The smallest absolute Gasteiger partial charge is 0.0974 e. The van der Waals surface area contributed by atoms with Crippen LogP contribution in [0.15, 0.2) is 4.99 Å². The molecule has 1 aliphatic carbocycles. The van der Waals surface area contributed by atoms with Gasteiger partial charge < -0.3 is 0 Å². The lowest BCUT2D eigenvalue weighted by Crippen LogP contribution is -2.49. The molecule has 0 bridgehead atoms. The molecule has 3 aliphatic heterocycles. The maximum Gasteiger partial charge on any atom is 0.0974 e. The first-order chi connectivity index (χ1) is 11.1. The van der Waals surface area contributed by atoms with Crippen molar-refractivity contribution in [3.05, 3.63) is 0 Å². The first-order valence-corrected chi connectivity index (χ1v) is 10.5. The summed E-state index contributed by atoms with van der Waals surface area (Å²) in [5.74, 6) is 2.11. The lowest BCUT2D eigenvalue weighted by Gasteiger charge is -2.36. The van der Waals surface area contributed by atoms with Gasteiger partial charge in [0.05, 0.1) is 23.7 Å². The number of thioether (sulfide) groups is 1. The van der Waals surface area contributed by atoms with Crippen LogP contribution < -0.4 is 10.9 Å². The van der Waals surface area contributed by atoms with Crippen molar-refractivity contribution in [1.82, 2.24) is 15.8 Å². The van der Waals surface area contributed by atoms with E-state index in [2.05, 4.69) is 55.2 Å². The van der Waals surface area contributed by atoms with Gasteiger partial charge in [-0.25, -0.2) is 10.9 Å². The largest absolute Gasteiger partial charge is 0.287 e. The topological polar surface area (TPSA) is 39.7 Å². The van der Waals surface area contributed by atoms with Crippen LogP contribution >= 0.6 is 11.8 Å². The standard InChI is InChI=1S/C18H32N4S/c1-10-12(3)23-18-15(10)16(14-8-6-5-7-9-14)19-11(2)17-21-20-13(4)22(17)18/h10-15,17-18,20-21H,5-9H2,1-4H3. The molecule has 0 radical (unpaired) electrons. The van der Waals surface area contributed by atoms with Crippen LogP contribution in [-0.2, 0) is 0 Å². The molecule has 0 amide bonds. The van der Waals surface area contributed by atoms with Crippen LogP contribution in [0.1, 0.15) is 59.8 Å². The monoisotopic (exact) mass is 336 g/mol. The fourth-order valence-corrected chi connectivity index (χ4v) is 7.03. The summed E-state index contributed by atoms with van der Waals surface area (Å²) < 4.78 is 0. The third-order valence-corrected chi connectivity index (χ3v) is 8.32. The number of nitrogens with one attached hydrogen (secondary N) is 2. The average molecular weight is 337 g/mol. The molecular weight excluding hydrogens is 304 g/mol. The molecule has 1 saturated carbocycles. The van der Waals surface area contributed by atoms with Gasteiger partial charge in [0.2, 0.25) is 0 Å². The van der Waals surface area contributed by atoms with E-state index in [-0.39, 0.29) is 0 Å². The Bertz CT molecular complexity index is 476. The number of fused-ring (bicyclic) bond motifs is 3. The summed E-state index contributed by atoms with van der Waals surface area (Å²) in [4.78, 5) is 8.04. The van der Waals surface area contributed by atoms with Crippen LogP contribution in [0.3, 0.4) is 0 Å². The van der Waals surface area contributed by atoms with Gasteiger partial charge in [-0.3, -0.25) is 9.89 Å². The molecule has 2 N–H and O–H groups in total. The van der Waals surface area contributed by atoms with Crippen LogP contribution in [-0.4, -0.2) is 39.6 Å². The fraction of sp³-hybridized carbons (Fsp3) is 0.944. The van der Waals surface area contributed by atoms with Crippen molar-refractivity contribution in [3.8, 4) is 0 Å². The second-order valence-corrected chi connectivity index (χ2v) is 9.60. The Morgan fingerprint density at radius 1 is 1.04 bits per heavy atom. The van der Waals surface area contributed by atoms with Gasteiger partial charge in [-0.2, -0.15) is 0 Å². The Morgan fingerprint density at radius 2 is 1.78 bits per heavy atom. The van der Waals surface area contributed by atoms with Gasteiger partial charge in [0, 0.05) is 16.9 Å². The van der Waals surface area contributed by atoms with E-state index >= 15 is 0 Å². The van der Waals surface area contributed by atoms with E-state index in [9.17, 15) is 0 Å². The van der Waals surface area contributed by atoms with Gasteiger partial charge in [0.1, 0.15) is 0 Å². The minimum atomic E-state index is 0.332. The molecule has 3 heterocycles. The molecule has 7 unspecified atom stereocenters. The van der Waals surface area contributed by atoms with Crippen LogP contribution in [0.5, 0.6) is 0 Å². The molecule has 0 spiro atoms. The molecule has 4 nitrogen and oxygen atoms in total. The van der Waals surface area contributed by atoms with Crippen LogP contribution in [0, 0.1) is 17.8 Å². The third kappa shape index (κ3) is 2.68. The summed E-state index contributed by atoms with van der Waals surface area (Å²) in [5.41, 5.74) is 8.55. The molecular formula is C18H32N4S. The SMILES string of the molecule is CC1N=C(C2CCCCC2)C2C(C)C(C)SC2N2C(C)NNC12. The summed E-state index contributed by atoms with van der Waals surface area (Å²) >= 11 is 2.19. The van der Waals surface area contributed by atoms with Gasteiger partial charge in [0.25, 0.3) is 0 Å². The normalized spacial score (nSPS) is 48.7. The summed E-state index contributed by atoms with van der Waals surface area (Å²) in [6.45, 7) is 9.47. The summed E-state index contributed by atoms with van der Waals surface area (Å²) in [6.07, 6.45) is 7.68. The molecule has 7 atom stereocenters. The molecule has 23 heavy (non-hydrogen) atoms. The highest BCUT2D eigenvalue weighted by molar-refractivity contribution is 8.00. The molecule has 130 valence electrons. The van der Waals surface area contributed by atoms with Gasteiger partial charge in [-0.1, -0.05) is 33.1 Å². The van der Waals surface area contributed by atoms with Crippen molar-refractivity contribution < 1.29 is 0 Å². The molecule has 3 fully saturated rings. The van der Waals surface area contributed by atoms with Crippen molar-refractivity contribution in [1.29, 1.82) is 0 Å². The summed E-state index contributed by atoms with van der Waals surface area (Å²) in [6, 6.07) is 0.332. The van der Waals surface area contributed by atoms with E-state index in [1.54, 1.807) is 5.71 Å². The highest BCUT2D eigenvalue weighted by atomic mass is 32.2. The number of rotatable bonds is 1. The summed E-state index contributed by atoms with van der Waals surface area (Å²) in [7, 11) is 0.